The molecule has 2 aromatic rings. The second-order valence-electron chi connectivity index (χ2n) is 9.87. The van der Waals surface area contributed by atoms with Gasteiger partial charge >= 0.3 is 0 Å². The average molecular weight is 539 g/mol. The summed E-state index contributed by atoms with van der Waals surface area (Å²) in [6, 6.07) is 12.6. The molecule has 0 unspecified atom stereocenters. The van der Waals surface area contributed by atoms with Gasteiger partial charge in [-0.05, 0) is 42.5 Å². The third-order valence-electron chi connectivity index (χ3n) is 6.22. The highest BCUT2D eigenvalue weighted by atomic mass is 16.5. The van der Waals surface area contributed by atoms with Crippen molar-refractivity contribution in [1.29, 1.82) is 0 Å². The fourth-order valence-corrected chi connectivity index (χ4v) is 4.21. The number of hydrogen-bond acceptors (Lipinski definition) is 6. The summed E-state index contributed by atoms with van der Waals surface area (Å²) in [4.78, 5) is 51.7. The number of carbonyl (C=O) groups is 4. The van der Waals surface area contributed by atoms with Crippen molar-refractivity contribution in [2.24, 2.45) is 5.92 Å². The van der Waals surface area contributed by atoms with Crippen molar-refractivity contribution in [3.63, 3.8) is 0 Å². The number of ether oxygens (including phenoxy) is 2. The SMILES string of the molecule is COc1ccc2cc1OCCCNC(=O)[C@@H](CC(C)C)NC(=O)CCNC(=O)[C@H](Cc1ccccc1)NC2=O. The fourth-order valence-electron chi connectivity index (χ4n) is 4.21. The highest BCUT2D eigenvalue weighted by Gasteiger charge is 2.24. The van der Waals surface area contributed by atoms with Gasteiger partial charge in [0.1, 0.15) is 12.1 Å². The summed E-state index contributed by atoms with van der Waals surface area (Å²) in [6.45, 7) is 4.63. The molecule has 0 fully saturated rings. The topological polar surface area (TPSA) is 135 Å². The maximum Gasteiger partial charge on any atom is 0.252 e. The molecule has 1 aliphatic heterocycles. The predicted octanol–water partition coefficient (Wildman–Crippen LogP) is 1.97. The maximum absolute atomic E-state index is 13.2. The molecular formula is C29H38N4O6. The van der Waals surface area contributed by atoms with Crippen LogP contribution >= 0.6 is 0 Å². The Morgan fingerprint density at radius 1 is 0.923 bits per heavy atom. The number of amides is 4. The van der Waals surface area contributed by atoms with Gasteiger partial charge in [0.15, 0.2) is 11.5 Å². The van der Waals surface area contributed by atoms with Gasteiger partial charge in [-0.1, -0.05) is 44.2 Å². The molecule has 10 heteroatoms. The van der Waals surface area contributed by atoms with E-state index in [9.17, 15) is 19.2 Å². The first-order chi connectivity index (χ1) is 18.8. The normalized spacial score (nSPS) is 19.8. The first-order valence-electron chi connectivity index (χ1n) is 13.3. The van der Waals surface area contributed by atoms with Crippen molar-refractivity contribution in [1.82, 2.24) is 21.3 Å². The molecule has 2 aromatic carbocycles. The molecule has 4 N–H and O–H groups in total. The first-order valence-corrected chi connectivity index (χ1v) is 13.3. The molecule has 0 aromatic heterocycles. The van der Waals surface area contributed by atoms with E-state index < -0.39 is 23.9 Å². The van der Waals surface area contributed by atoms with Crippen LogP contribution in [0.2, 0.25) is 0 Å². The number of fused-ring (bicyclic) bond motifs is 2. The summed E-state index contributed by atoms with van der Waals surface area (Å²) >= 11 is 0. The Hall–Kier alpha value is -4.08. The van der Waals surface area contributed by atoms with Crippen molar-refractivity contribution in [3.8, 4) is 11.5 Å². The van der Waals surface area contributed by atoms with Gasteiger partial charge in [0, 0.05) is 31.5 Å². The largest absolute Gasteiger partial charge is 0.493 e. The Labute approximate surface area is 229 Å². The summed E-state index contributed by atoms with van der Waals surface area (Å²) in [5, 5.41) is 11.2. The van der Waals surface area contributed by atoms with Gasteiger partial charge in [0.25, 0.3) is 5.91 Å². The standard InChI is InChI=1S/C29H38N4O6/c1-19(2)16-22-28(36)30-13-7-15-39-25-18-21(10-11-24(25)38-3)27(35)33-23(17-20-8-5-4-6-9-20)29(37)31-14-12-26(34)32-22/h4-6,8-11,18-19,22-23H,7,12-17H2,1-3H3,(H,30,36)(H,31,37)(H,32,34)(H,33,35)/t22-,23+/m1/s1. The van der Waals surface area contributed by atoms with E-state index in [-0.39, 0.29) is 43.7 Å². The highest BCUT2D eigenvalue weighted by Crippen LogP contribution is 2.28. The maximum atomic E-state index is 13.2. The molecule has 2 bridgehead atoms. The molecule has 2 atom stereocenters. The van der Waals surface area contributed by atoms with E-state index >= 15 is 0 Å². The van der Waals surface area contributed by atoms with Gasteiger partial charge < -0.3 is 30.7 Å². The lowest BCUT2D eigenvalue weighted by Crippen LogP contribution is -2.50. The zero-order valence-corrected chi connectivity index (χ0v) is 22.8. The minimum absolute atomic E-state index is 0.00466. The van der Waals surface area contributed by atoms with Crippen LogP contribution < -0.4 is 30.7 Å². The van der Waals surface area contributed by atoms with E-state index in [2.05, 4.69) is 21.3 Å². The summed E-state index contributed by atoms with van der Waals surface area (Å²) in [5.74, 6) is -0.450. The molecule has 1 heterocycles. The molecule has 0 aliphatic carbocycles. The van der Waals surface area contributed by atoms with Gasteiger partial charge in [-0.25, -0.2) is 0 Å². The van der Waals surface area contributed by atoms with Gasteiger partial charge in [0.2, 0.25) is 17.7 Å². The van der Waals surface area contributed by atoms with Crippen LogP contribution in [0, 0.1) is 5.92 Å². The second-order valence-corrected chi connectivity index (χ2v) is 9.87. The van der Waals surface area contributed by atoms with E-state index in [1.54, 1.807) is 18.2 Å². The van der Waals surface area contributed by atoms with E-state index in [0.717, 1.165) is 5.56 Å². The van der Waals surface area contributed by atoms with Gasteiger partial charge in [-0.3, -0.25) is 19.2 Å². The molecular weight excluding hydrogens is 500 g/mol. The molecule has 0 radical (unpaired) electrons. The smallest absolute Gasteiger partial charge is 0.252 e. The first kappa shape index (κ1) is 29.5. The molecule has 0 saturated heterocycles. The Morgan fingerprint density at radius 2 is 1.64 bits per heavy atom. The van der Waals surface area contributed by atoms with Crippen LogP contribution in [-0.4, -0.2) is 62.5 Å². The van der Waals surface area contributed by atoms with Gasteiger partial charge in [0.05, 0.1) is 13.7 Å². The Morgan fingerprint density at radius 3 is 2.36 bits per heavy atom. The summed E-state index contributed by atoms with van der Waals surface area (Å²) in [7, 11) is 1.51. The molecule has 4 amide bonds. The number of hydrogen-bond donors (Lipinski definition) is 4. The van der Waals surface area contributed by atoms with E-state index in [1.807, 2.05) is 44.2 Å². The molecule has 10 nitrogen and oxygen atoms in total. The molecule has 1 aliphatic rings. The molecule has 0 spiro atoms. The van der Waals surface area contributed by atoms with Crippen LogP contribution in [0.3, 0.4) is 0 Å². The number of methoxy groups -OCH3 is 1. The van der Waals surface area contributed by atoms with Crippen molar-refractivity contribution < 1.29 is 28.7 Å². The van der Waals surface area contributed by atoms with Crippen molar-refractivity contribution in [3.05, 3.63) is 59.7 Å². The van der Waals surface area contributed by atoms with Gasteiger partial charge in [-0.15, -0.1) is 0 Å². The highest BCUT2D eigenvalue weighted by molar-refractivity contribution is 5.98. The fraction of sp³-hybridized carbons (Fsp3) is 0.448. The third-order valence-corrected chi connectivity index (χ3v) is 6.22. The summed E-state index contributed by atoms with van der Waals surface area (Å²) in [5.41, 5.74) is 1.18. The quantitative estimate of drug-likeness (QED) is 0.460. The number of carbonyl (C=O) groups excluding carboxylic acids is 4. The minimum Gasteiger partial charge on any atom is -0.493 e. The van der Waals surface area contributed by atoms with Crippen LogP contribution in [0.25, 0.3) is 0 Å². The molecule has 3 rings (SSSR count). The Kier molecular flexibility index (Phi) is 11.1. The van der Waals surface area contributed by atoms with Crippen molar-refractivity contribution in [2.75, 3.05) is 26.8 Å². The van der Waals surface area contributed by atoms with Crippen LogP contribution in [0.5, 0.6) is 11.5 Å². The van der Waals surface area contributed by atoms with Crippen LogP contribution in [0.15, 0.2) is 48.5 Å². The van der Waals surface area contributed by atoms with Gasteiger partial charge in [-0.2, -0.15) is 0 Å². The lowest BCUT2D eigenvalue weighted by molar-refractivity contribution is -0.129. The zero-order chi connectivity index (χ0) is 28.2. The average Bonchev–Trinajstić information content (AvgIpc) is 2.91. The molecule has 0 saturated carbocycles. The lowest BCUT2D eigenvalue weighted by atomic mass is 10.0. The lowest BCUT2D eigenvalue weighted by Gasteiger charge is -2.21. The predicted molar refractivity (Wildman–Crippen MR) is 147 cm³/mol. The van der Waals surface area contributed by atoms with E-state index in [1.165, 1.54) is 7.11 Å². The third kappa shape index (κ3) is 9.31. The zero-order valence-electron chi connectivity index (χ0n) is 22.8. The molecule has 210 valence electrons. The number of nitrogens with one attached hydrogen (secondary N) is 4. The molecule has 39 heavy (non-hydrogen) atoms. The van der Waals surface area contributed by atoms with Crippen LogP contribution in [-0.2, 0) is 20.8 Å². The van der Waals surface area contributed by atoms with E-state index in [0.29, 0.717) is 36.4 Å². The summed E-state index contributed by atoms with van der Waals surface area (Å²) < 4.78 is 11.2. The minimum atomic E-state index is -0.879. The number of rotatable bonds is 5. The second kappa shape index (κ2) is 14.8. The number of benzene rings is 2. The monoisotopic (exact) mass is 538 g/mol. The Balaban J connectivity index is 1.84. The summed E-state index contributed by atoms with van der Waals surface area (Å²) in [6.07, 6.45) is 1.25. The van der Waals surface area contributed by atoms with Crippen LogP contribution in [0.1, 0.15) is 49.0 Å². The van der Waals surface area contributed by atoms with Crippen LogP contribution in [0.4, 0.5) is 0 Å². The van der Waals surface area contributed by atoms with E-state index in [4.69, 9.17) is 9.47 Å². The Bertz CT molecular complexity index is 1140. The van der Waals surface area contributed by atoms with Crippen molar-refractivity contribution in [2.45, 2.75) is 51.6 Å². The van der Waals surface area contributed by atoms with Crippen molar-refractivity contribution >= 4 is 23.6 Å².